The molecular formula is C14H18N2O. The summed E-state index contributed by atoms with van der Waals surface area (Å²) in [4.78, 5) is 0. The maximum Gasteiger partial charge on any atom is 0.217 e. The van der Waals surface area contributed by atoms with Crippen molar-refractivity contribution in [3.63, 3.8) is 0 Å². The van der Waals surface area contributed by atoms with Crippen LogP contribution in [0.15, 0.2) is 30.3 Å². The zero-order chi connectivity index (χ0) is 12.4. The molecule has 2 aromatic rings. The molecule has 0 fully saturated rings. The van der Waals surface area contributed by atoms with Gasteiger partial charge in [0.25, 0.3) is 0 Å². The van der Waals surface area contributed by atoms with E-state index in [2.05, 4.69) is 18.9 Å². The zero-order valence-electron chi connectivity index (χ0n) is 10.5. The van der Waals surface area contributed by atoms with Gasteiger partial charge in [-0.2, -0.15) is 5.10 Å². The van der Waals surface area contributed by atoms with Gasteiger partial charge in [-0.25, -0.2) is 4.68 Å². The van der Waals surface area contributed by atoms with Crippen molar-refractivity contribution in [2.45, 2.75) is 33.1 Å². The van der Waals surface area contributed by atoms with Crippen LogP contribution >= 0.6 is 0 Å². The molecule has 1 aromatic heterocycles. The van der Waals surface area contributed by atoms with E-state index in [0.29, 0.717) is 5.92 Å². The molecule has 1 aromatic carbocycles. The molecule has 0 aliphatic rings. The first-order valence-corrected chi connectivity index (χ1v) is 6.01. The lowest BCUT2D eigenvalue weighted by atomic mass is 10.0. The number of hydrogen-bond donors (Lipinski definition) is 1. The summed E-state index contributed by atoms with van der Waals surface area (Å²) in [6, 6.07) is 9.72. The summed E-state index contributed by atoms with van der Waals surface area (Å²) in [5.41, 5.74) is 2.82. The molecule has 0 aliphatic heterocycles. The van der Waals surface area contributed by atoms with E-state index in [1.165, 1.54) is 0 Å². The second-order valence-corrected chi connectivity index (χ2v) is 4.44. The monoisotopic (exact) mass is 230 g/mol. The van der Waals surface area contributed by atoms with Crippen LogP contribution in [0.2, 0.25) is 0 Å². The lowest BCUT2D eigenvalue weighted by Gasteiger charge is -2.02. The van der Waals surface area contributed by atoms with E-state index in [0.717, 1.165) is 23.4 Å². The van der Waals surface area contributed by atoms with Gasteiger partial charge in [-0.05, 0) is 24.5 Å². The van der Waals surface area contributed by atoms with Gasteiger partial charge in [0.1, 0.15) is 0 Å². The first kappa shape index (κ1) is 11.7. The van der Waals surface area contributed by atoms with Crippen LogP contribution < -0.4 is 0 Å². The number of aromatic hydroxyl groups is 1. The van der Waals surface area contributed by atoms with Gasteiger partial charge < -0.3 is 5.11 Å². The number of aromatic nitrogens is 2. The summed E-state index contributed by atoms with van der Waals surface area (Å²) in [6.07, 6.45) is 0.798. The van der Waals surface area contributed by atoms with E-state index in [4.69, 9.17) is 0 Å². The van der Waals surface area contributed by atoms with E-state index >= 15 is 0 Å². The van der Waals surface area contributed by atoms with Gasteiger partial charge in [-0.3, -0.25) is 0 Å². The summed E-state index contributed by atoms with van der Waals surface area (Å²) in [5, 5.41) is 14.7. The molecule has 0 unspecified atom stereocenters. The zero-order valence-corrected chi connectivity index (χ0v) is 10.5. The van der Waals surface area contributed by atoms with E-state index < -0.39 is 0 Å². The van der Waals surface area contributed by atoms with Gasteiger partial charge in [0.15, 0.2) is 0 Å². The van der Waals surface area contributed by atoms with Gasteiger partial charge in [-0.1, -0.05) is 39.0 Å². The molecule has 3 heteroatoms. The van der Waals surface area contributed by atoms with Crippen molar-refractivity contribution in [3.05, 3.63) is 41.6 Å². The number of nitrogens with zero attached hydrogens (tertiary/aromatic N) is 2. The molecular weight excluding hydrogens is 212 g/mol. The molecule has 0 radical (unpaired) electrons. The Labute approximate surface area is 102 Å². The Hall–Kier alpha value is -1.77. The van der Waals surface area contributed by atoms with Crippen LogP contribution in [0.1, 0.15) is 37.9 Å². The number of para-hydroxylation sites is 1. The van der Waals surface area contributed by atoms with Crippen LogP contribution in [0.5, 0.6) is 5.88 Å². The van der Waals surface area contributed by atoms with Crippen LogP contribution in [-0.4, -0.2) is 14.9 Å². The van der Waals surface area contributed by atoms with Crippen molar-refractivity contribution in [1.82, 2.24) is 9.78 Å². The first-order chi connectivity index (χ1) is 8.15. The second-order valence-electron chi connectivity index (χ2n) is 4.44. The quantitative estimate of drug-likeness (QED) is 0.878. The molecule has 0 bridgehead atoms. The van der Waals surface area contributed by atoms with Crippen LogP contribution in [0.3, 0.4) is 0 Å². The Morgan fingerprint density at radius 1 is 1.24 bits per heavy atom. The molecule has 0 amide bonds. The first-order valence-electron chi connectivity index (χ1n) is 6.01. The van der Waals surface area contributed by atoms with E-state index in [1.807, 2.05) is 37.3 Å². The predicted molar refractivity (Wildman–Crippen MR) is 68.7 cm³/mol. The van der Waals surface area contributed by atoms with Crippen LogP contribution in [-0.2, 0) is 6.42 Å². The van der Waals surface area contributed by atoms with Crippen molar-refractivity contribution >= 4 is 0 Å². The average Bonchev–Trinajstić information content (AvgIpc) is 2.67. The minimum absolute atomic E-state index is 0.266. The highest BCUT2D eigenvalue weighted by Gasteiger charge is 2.18. The maximum atomic E-state index is 10.2. The normalized spacial score (nSPS) is 11.1. The Morgan fingerprint density at radius 2 is 1.88 bits per heavy atom. The summed E-state index contributed by atoms with van der Waals surface area (Å²) >= 11 is 0. The Bertz CT molecular complexity index is 500. The fraction of sp³-hybridized carbons (Fsp3) is 0.357. The van der Waals surface area contributed by atoms with Crippen molar-refractivity contribution in [2.24, 2.45) is 0 Å². The summed E-state index contributed by atoms with van der Waals surface area (Å²) in [5.74, 6) is 0.586. The minimum Gasteiger partial charge on any atom is -0.493 e. The topological polar surface area (TPSA) is 38.0 Å². The van der Waals surface area contributed by atoms with Crippen molar-refractivity contribution in [1.29, 1.82) is 0 Å². The third kappa shape index (κ3) is 2.05. The van der Waals surface area contributed by atoms with E-state index in [1.54, 1.807) is 4.68 Å². The Morgan fingerprint density at radius 3 is 2.35 bits per heavy atom. The van der Waals surface area contributed by atoms with Gasteiger partial charge >= 0.3 is 0 Å². The Balaban J connectivity index is 2.57. The molecule has 0 atom stereocenters. The molecule has 17 heavy (non-hydrogen) atoms. The van der Waals surface area contributed by atoms with Crippen LogP contribution in [0, 0.1) is 0 Å². The van der Waals surface area contributed by atoms with Crippen molar-refractivity contribution < 1.29 is 5.11 Å². The SMILES string of the molecule is CCc1c(C(C)C)nn(-c2ccccc2)c1O. The summed E-state index contributed by atoms with van der Waals surface area (Å²) < 4.78 is 1.62. The highest BCUT2D eigenvalue weighted by molar-refractivity contribution is 5.41. The number of benzene rings is 1. The fourth-order valence-corrected chi connectivity index (χ4v) is 2.01. The number of rotatable bonds is 3. The number of hydrogen-bond acceptors (Lipinski definition) is 2. The van der Waals surface area contributed by atoms with Crippen LogP contribution in [0.25, 0.3) is 5.69 Å². The lowest BCUT2D eigenvalue weighted by molar-refractivity contribution is 0.428. The molecule has 90 valence electrons. The molecule has 0 saturated heterocycles. The van der Waals surface area contributed by atoms with E-state index in [9.17, 15) is 5.11 Å². The van der Waals surface area contributed by atoms with Gasteiger partial charge in [0.2, 0.25) is 5.88 Å². The van der Waals surface area contributed by atoms with Crippen molar-refractivity contribution in [2.75, 3.05) is 0 Å². The van der Waals surface area contributed by atoms with E-state index in [-0.39, 0.29) is 5.88 Å². The highest BCUT2D eigenvalue weighted by atomic mass is 16.3. The molecule has 0 saturated carbocycles. The molecule has 3 nitrogen and oxygen atoms in total. The molecule has 1 heterocycles. The predicted octanol–water partition coefficient (Wildman–Crippen LogP) is 3.26. The lowest BCUT2D eigenvalue weighted by Crippen LogP contribution is -1.97. The second kappa shape index (κ2) is 4.62. The molecule has 1 N–H and O–H groups in total. The van der Waals surface area contributed by atoms with Gasteiger partial charge in [0.05, 0.1) is 11.4 Å². The largest absolute Gasteiger partial charge is 0.493 e. The molecule has 2 rings (SSSR count). The third-order valence-corrected chi connectivity index (χ3v) is 2.89. The minimum atomic E-state index is 0.266. The molecule has 0 spiro atoms. The Kier molecular flexibility index (Phi) is 3.18. The third-order valence-electron chi connectivity index (χ3n) is 2.89. The standard InChI is InChI=1S/C14H18N2O/c1-4-12-13(10(2)3)15-16(14(12)17)11-8-6-5-7-9-11/h5-10,17H,4H2,1-3H3. The van der Waals surface area contributed by atoms with Gasteiger partial charge in [-0.15, -0.1) is 0 Å². The highest BCUT2D eigenvalue weighted by Crippen LogP contribution is 2.29. The summed E-state index contributed by atoms with van der Waals surface area (Å²) in [6.45, 7) is 6.23. The fourth-order valence-electron chi connectivity index (χ4n) is 2.01. The van der Waals surface area contributed by atoms with Gasteiger partial charge in [0, 0.05) is 5.56 Å². The molecule has 0 aliphatic carbocycles. The maximum absolute atomic E-state index is 10.2. The smallest absolute Gasteiger partial charge is 0.217 e. The van der Waals surface area contributed by atoms with Crippen molar-refractivity contribution in [3.8, 4) is 11.6 Å². The average molecular weight is 230 g/mol. The van der Waals surface area contributed by atoms with Crippen LogP contribution in [0.4, 0.5) is 0 Å². The summed E-state index contributed by atoms with van der Waals surface area (Å²) in [7, 11) is 0.